The van der Waals surface area contributed by atoms with E-state index in [1.807, 2.05) is 0 Å². The van der Waals surface area contributed by atoms with E-state index in [1.165, 1.54) is 14.2 Å². The lowest BCUT2D eigenvalue weighted by atomic mass is 10.1. The van der Waals surface area contributed by atoms with Gasteiger partial charge in [-0.2, -0.15) is 13.2 Å². The van der Waals surface area contributed by atoms with Gasteiger partial charge in [0.15, 0.2) is 11.5 Å². The van der Waals surface area contributed by atoms with Crippen molar-refractivity contribution in [3.8, 4) is 11.5 Å². The number of methoxy groups -OCH3 is 2. The first-order chi connectivity index (χ1) is 12.6. The molecule has 144 valence electrons. The average molecular weight is 405 g/mol. The van der Waals surface area contributed by atoms with Crippen LogP contribution in [0.15, 0.2) is 30.3 Å². The summed E-state index contributed by atoms with van der Waals surface area (Å²) in [7, 11) is 2.52. The Morgan fingerprint density at radius 3 is 2.26 bits per heavy atom. The first-order valence-corrected chi connectivity index (χ1v) is 7.54. The van der Waals surface area contributed by atoms with Gasteiger partial charge in [-0.15, -0.1) is 0 Å². The molecular formula is C16H12ClF3N2O5. The van der Waals surface area contributed by atoms with Crippen LogP contribution in [0.5, 0.6) is 11.5 Å². The Morgan fingerprint density at radius 1 is 1.15 bits per heavy atom. The summed E-state index contributed by atoms with van der Waals surface area (Å²) in [5.41, 5.74) is -2.40. The van der Waals surface area contributed by atoms with Crippen molar-refractivity contribution in [3.63, 3.8) is 0 Å². The number of hydrogen-bond acceptors (Lipinski definition) is 5. The highest BCUT2D eigenvalue weighted by Gasteiger charge is 2.33. The molecule has 2 rings (SSSR count). The topological polar surface area (TPSA) is 90.7 Å². The van der Waals surface area contributed by atoms with Crippen LogP contribution in [0.2, 0.25) is 5.02 Å². The molecule has 0 aliphatic heterocycles. The molecule has 0 fully saturated rings. The summed E-state index contributed by atoms with van der Waals surface area (Å²) in [6, 6.07) is 4.78. The second-order valence-electron chi connectivity index (χ2n) is 5.13. The van der Waals surface area contributed by atoms with E-state index < -0.39 is 38.8 Å². The Kier molecular flexibility index (Phi) is 5.79. The van der Waals surface area contributed by atoms with Crippen molar-refractivity contribution in [2.75, 3.05) is 19.5 Å². The van der Waals surface area contributed by atoms with E-state index in [-0.39, 0.29) is 17.2 Å². The molecule has 0 spiro atoms. The predicted molar refractivity (Wildman–Crippen MR) is 90.6 cm³/mol. The van der Waals surface area contributed by atoms with E-state index in [1.54, 1.807) is 0 Å². The van der Waals surface area contributed by atoms with Gasteiger partial charge in [0, 0.05) is 11.8 Å². The van der Waals surface area contributed by atoms with Gasteiger partial charge < -0.3 is 14.8 Å². The fourth-order valence-corrected chi connectivity index (χ4v) is 2.44. The van der Waals surface area contributed by atoms with Crippen LogP contribution in [0.1, 0.15) is 15.9 Å². The van der Waals surface area contributed by atoms with Crippen LogP contribution in [-0.4, -0.2) is 25.1 Å². The molecule has 1 N–H and O–H groups in total. The molecule has 0 unspecified atom stereocenters. The number of ether oxygens (including phenoxy) is 2. The van der Waals surface area contributed by atoms with E-state index in [9.17, 15) is 28.1 Å². The van der Waals surface area contributed by atoms with Crippen LogP contribution < -0.4 is 14.8 Å². The maximum atomic E-state index is 12.9. The summed E-state index contributed by atoms with van der Waals surface area (Å²) < 4.78 is 48.7. The van der Waals surface area contributed by atoms with Crippen LogP contribution in [0.3, 0.4) is 0 Å². The number of hydrogen-bond donors (Lipinski definition) is 1. The number of nitro benzene ring substituents is 1. The third-order valence-electron chi connectivity index (χ3n) is 3.47. The van der Waals surface area contributed by atoms with Crippen molar-refractivity contribution < 1.29 is 32.4 Å². The number of carbonyl (C=O) groups is 1. The Hall–Kier alpha value is -3.01. The SMILES string of the molecule is COc1cc(C(=O)Nc2ccc(Cl)c(C(F)(F)F)c2)c([N+](=O)[O-])cc1OC. The zero-order valence-electron chi connectivity index (χ0n) is 13.9. The number of nitrogens with one attached hydrogen (secondary N) is 1. The molecule has 2 aromatic carbocycles. The van der Waals surface area contributed by atoms with E-state index >= 15 is 0 Å². The molecule has 11 heteroatoms. The molecule has 0 atom stereocenters. The molecular weight excluding hydrogens is 393 g/mol. The van der Waals surface area contributed by atoms with Crippen molar-refractivity contribution >= 4 is 28.9 Å². The first kappa shape index (κ1) is 20.3. The largest absolute Gasteiger partial charge is 0.493 e. The molecule has 7 nitrogen and oxygen atoms in total. The molecule has 0 bridgehead atoms. The maximum Gasteiger partial charge on any atom is 0.417 e. The van der Waals surface area contributed by atoms with Gasteiger partial charge in [0.05, 0.1) is 35.8 Å². The Balaban J connectivity index is 2.45. The third kappa shape index (κ3) is 4.40. The summed E-state index contributed by atoms with van der Waals surface area (Å²) in [5.74, 6) is -0.940. The summed E-state index contributed by atoms with van der Waals surface area (Å²) >= 11 is 5.52. The van der Waals surface area contributed by atoms with Crippen LogP contribution in [0, 0.1) is 10.1 Å². The van der Waals surface area contributed by atoms with E-state index in [2.05, 4.69) is 5.32 Å². The molecule has 27 heavy (non-hydrogen) atoms. The number of halogens is 4. The average Bonchev–Trinajstić information content (AvgIpc) is 2.60. The van der Waals surface area contributed by atoms with Crippen molar-refractivity contribution in [1.29, 1.82) is 0 Å². The summed E-state index contributed by atoms with van der Waals surface area (Å²) in [6.07, 6.45) is -4.73. The predicted octanol–water partition coefficient (Wildman–Crippen LogP) is 4.54. The molecule has 0 saturated heterocycles. The van der Waals surface area contributed by atoms with Crippen LogP contribution in [0.4, 0.5) is 24.5 Å². The fraction of sp³-hybridized carbons (Fsp3) is 0.188. The van der Waals surface area contributed by atoms with Crippen molar-refractivity contribution in [1.82, 2.24) is 0 Å². The molecule has 2 aromatic rings. The normalized spacial score (nSPS) is 11.0. The van der Waals surface area contributed by atoms with Gasteiger partial charge in [-0.05, 0) is 18.2 Å². The van der Waals surface area contributed by atoms with Crippen LogP contribution in [-0.2, 0) is 6.18 Å². The fourth-order valence-electron chi connectivity index (χ4n) is 2.22. The highest BCUT2D eigenvalue weighted by atomic mass is 35.5. The zero-order valence-corrected chi connectivity index (χ0v) is 14.6. The van der Waals surface area contributed by atoms with Crippen LogP contribution >= 0.6 is 11.6 Å². The first-order valence-electron chi connectivity index (χ1n) is 7.17. The maximum absolute atomic E-state index is 12.9. The molecule has 0 aromatic heterocycles. The number of amides is 1. The van der Waals surface area contributed by atoms with Crippen molar-refractivity contribution in [2.24, 2.45) is 0 Å². The van der Waals surface area contributed by atoms with Gasteiger partial charge in [0.2, 0.25) is 0 Å². The van der Waals surface area contributed by atoms with Gasteiger partial charge in [-0.3, -0.25) is 14.9 Å². The third-order valence-corrected chi connectivity index (χ3v) is 3.80. The second kappa shape index (κ2) is 7.70. The lowest BCUT2D eigenvalue weighted by Crippen LogP contribution is -2.15. The smallest absolute Gasteiger partial charge is 0.417 e. The minimum Gasteiger partial charge on any atom is -0.493 e. The number of nitrogens with zero attached hydrogens (tertiary/aromatic N) is 1. The van der Waals surface area contributed by atoms with Crippen LogP contribution in [0.25, 0.3) is 0 Å². The summed E-state index contributed by atoms with van der Waals surface area (Å²) in [6.45, 7) is 0. The number of benzene rings is 2. The standard InChI is InChI=1S/C16H12ClF3N2O5/c1-26-13-6-9(12(22(24)25)7-14(13)27-2)15(23)21-8-3-4-11(17)10(5-8)16(18,19)20/h3-7H,1-2H3,(H,21,23). The number of carbonyl (C=O) groups excluding carboxylic acids is 1. The summed E-state index contributed by atoms with van der Waals surface area (Å²) in [5, 5.41) is 12.9. The van der Waals surface area contributed by atoms with Crippen molar-refractivity contribution in [3.05, 3.63) is 56.6 Å². The zero-order chi connectivity index (χ0) is 20.4. The van der Waals surface area contributed by atoms with Gasteiger partial charge >= 0.3 is 6.18 Å². The lowest BCUT2D eigenvalue weighted by Gasteiger charge is -2.13. The molecule has 0 aliphatic carbocycles. The second-order valence-corrected chi connectivity index (χ2v) is 5.54. The van der Waals surface area contributed by atoms with Gasteiger partial charge in [0.1, 0.15) is 5.56 Å². The van der Waals surface area contributed by atoms with Gasteiger partial charge in [-0.1, -0.05) is 11.6 Å². The van der Waals surface area contributed by atoms with E-state index in [4.69, 9.17) is 21.1 Å². The highest BCUT2D eigenvalue weighted by molar-refractivity contribution is 6.31. The minimum absolute atomic E-state index is 0.0200. The Bertz CT molecular complexity index is 902. The molecule has 0 heterocycles. The number of anilines is 1. The molecule has 0 radical (unpaired) electrons. The minimum atomic E-state index is -4.73. The summed E-state index contributed by atoms with van der Waals surface area (Å²) in [4.78, 5) is 22.8. The quantitative estimate of drug-likeness (QED) is 0.583. The van der Waals surface area contributed by atoms with Gasteiger partial charge in [0.25, 0.3) is 11.6 Å². The van der Waals surface area contributed by atoms with Gasteiger partial charge in [-0.25, -0.2) is 0 Å². The number of rotatable bonds is 5. The molecule has 0 aliphatic rings. The highest BCUT2D eigenvalue weighted by Crippen LogP contribution is 2.37. The van der Waals surface area contributed by atoms with E-state index in [0.29, 0.717) is 6.07 Å². The molecule has 0 saturated carbocycles. The lowest BCUT2D eigenvalue weighted by molar-refractivity contribution is -0.385. The number of alkyl halides is 3. The van der Waals surface area contributed by atoms with E-state index in [0.717, 1.165) is 24.3 Å². The number of nitro groups is 1. The Morgan fingerprint density at radius 2 is 1.74 bits per heavy atom. The monoisotopic (exact) mass is 404 g/mol. The molecule has 1 amide bonds. The Labute approximate surface area is 155 Å². The van der Waals surface area contributed by atoms with Crippen molar-refractivity contribution in [2.45, 2.75) is 6.18 Å².